The van der Waals surface area contributed by atoms with Crippen LogP contribution in [0.2, 0.25) is 0 Å². The summed E-state index contributed by atoms with van der Waals surface area (Å²) < 4.78 is 38.4. The number of methoxy groups -OCH3 is 1. The molecule has 23 heavy (non-hydrogen) atoms. The highest BCUT2D eigenvalue weighted by Gasteiger charge is 2.54. The lowest BCUT2D eigenvalue weighted by molar-refractivity contribution is -0.159. The Bertz CT molecular complexity index is 601. The van der Waals surface area contributed by atoms with E-state index in [9.17, 15) is 18.7 Å². The number of hydrogen-bond donors (Lipinski definition) is 1. The van der Waals surface area contributed by atoms with Gasteiger partial charge in [0.25, 0.3) is 0 Å². The highest BCUT2D eigenvalue weighted by atomic mass is 19.1. The average molecular weight is 327 g/mol. The Kier molecular flexibility index (Phi) is 4.25. The van der Waals surface area contributed by atoms with Gasteiger partial charge in [-0.15, -0.1) is 0 Å². The van der Waals surface area contributed by atoms with Crippen LogP contribution in [0.25, 0.3) is 0 Å². The van der Waals surface area contributed by atoms with Crippen LogP contribution in [0.4, 0.5) is 8.78 Å². The quantitative estimate of drug-likeness (QED) is 0.915. The molecule has 0 amide bonds. The average Bonchev–Trinajstić information content (AvgIpc) is 2.90. The van der Waals surface area contributed by atoms with Crippen molar-refractivity contribution in [2.75, 3.05) is 33.4 Å². The maximum absolute atomic E-state index is 14.1. The van der Waals surface area contributed by atoms with E-state index in [0.717, 1.165) is 12.1 Å². The molecule has 7 heteroatoms. The maximum Gasteiger partial charge on any atom is 0.313 e. The van der Waals surface area contributed by atoms with E-state index in [4.69, 9.17) is 9.47 Å². The summed E-state index contributed by atoms with van der Waals surface area (Å²) in [6.45, 7) is 1.45. The molecule has 2 atom stereocenters. The lowest BCUT2D eigenvalue weighted by atomic mass is 9.76. The second-order valence-corrected chi connectivity index (χ2v) is 6.24. The summed E-state index contributed by atoms with van der Waals surface area (Å²) in [6.07, 6.45) is 0.649. The summed E-state index contributed by atoms with van der Waals surface area (Å²) in [4.78, 5) is 13.5. The number of hydrogen-bond acceptors (Lipinski definition) is 4. The van der Waals surface area contributed by atoms with Crippen LogP contribution in [-0.2, 0) is 16.1 Å². The van der Waals surface area contributed by atoms with Crippen LogP contribution >= 0.6 is 0 Å². The van der Waals surface area contributed by atoms with Gasteiger partial charge in [0.1, 0.15) is 22.8 Å². The summed E-state index contributed by atoms with van der Waals surface area (Å²) in [5, 5.41) is 9.59. The molecular formula is C16H19F2NO4. The molecule has 0 unspecified atom stereocenters. The molecule has 1 aromatic carbocycles. The van der Waals surface area contributed by atoms with Crippen LogP contribution in [-0.4, -0.2) is 49.4 Å². The normalized spacial score (nSPS) is 27.7. The van der Waals surface area contributed by atoms with E-state index in [-0.39, 0.29) is 36.9 Å². The molecule has 1 N–H and O–H groups in total. The first-order valence-electron chi connectivity index (χ1n) is 7.51. The summed E-state index contributed by atoms with van der Waals surface area (Å²) in [5.41, 5.74) is -1.04. The molecular weight excluding hydrogens is 308 g/mol. The number of carboxylic acids is 1. The Balaban J connectivity index is 1.81. The van der Waals surface area contributed by atoms with Gasteiger partial charge in [0.05, 0.1) is 13.7 Å². The lowest BCUT2D eigenvalue weighted by Crippen LogP contribution is -2.46. The van der Waals surface area contributed by atoms with Crippen LogP contribution in [0.15, 0.2) is 12.1 Å². The third-order valence-corrected chi connectivity index (χ3v) is 4.89. The van der Waals surface area contributed by atoms with Crippen molar-refractivity contribution in [2.24, 2.45) is 11.3 Å². The van der Waals surface area contributed by atoms with Crippen molar-refractivity contribution in [3.63, 3.8) is 0 Å². The molecule has 2 saturated heterocycles. The number of aliphatic carboxylic acids is 1. The monoisotopic (exact) mass is 327 g/mol. The first-order valence-corrected chi connectivity index (χ1v) is 7.51. The van der Waals surface area contributed by atoms with Gasteiger partial charge in [0, 0.05) is 43.9 Å². The Morgan fingerprint density at radius 1 is 1.48 bits per heavy atom. The smallest absolute Gasteiger partial charge is 0.313 e. The number of likely N-dealkylation sites (tertiary alicyclic amines) is 1. The van der Waals surface area contributed by atoms with Crippen molar-refractivity contribution < 1.29 is 28.2 Å². The number of halogens is 2. The topological polar surface area (TPSA) is 59.0 Å². The Hall–Kier alpha value is -1.73. The van der Waals surface area contributed by atoms with Gasteiger partial charge >= 0.3 is 5.97 Å². The highest BCUT2D eigenvalue weighted by molar-refractivity contribution is 5.76. The van der Waals surface area contributed by atoms with Crippen molar-refractivity contribution >= 4 is 5.97 Å². The molecule has 3 rings (SSSR count). The first-order chi connectivity index (χ1) is 11.0. The van der Waals surface area contributed by atoms with E-state index in [1.807, 2.05) is 0 Å². The van der Waals surface area contributed by atoms with E-state index in [1.54, 1.807) is 4.90 Å². The van der Waals surface area contributed by atoms with E-state index in [2.05, 4.69) is 0 Å². The van der Waals surface area contributed by atoms with Gasteiger partial charge in [-0.3, -0.25) is 9.69 Å². The SMILES string of the molecule is COc1cc(F)c(CN2C[C@@H]3CCOC[C@]3(C(=O)O)C2)c(F)c1. The van der Waals surface area contributed by atoms with Crippen LogP contribution in [0.1, 0.15) is 12.0 Å². The standard InChI is InChI=1S/C16H19F2NO4/c1-22-11-4-13(17)12(14(18)5-11)7-19-6-10-2-3-23-9-16(10,8-19)15(20)21/h4-5,10H,2-3,6-9H2,1H3,(H,20,21)/t10-,16+/m0/s1. The molecule has 0 bridgehead atoms. The van der Waals surface area contributed by atoms with Crippen molar-refractivity contribution in [2.45, 2.75) is 13.0 Å². The molecule has 0 spiro atoms. The maximum atomic E-state index is 14.1. The molecule has 2 heterocycles. The van der Waals surface area contributed by atoms with Gasteiger partial charge in [-0.2, -0.15) is 0 Å². The lowest BCUT2D eigenvalue weighted by Gasteiger charge is -2.34. The Morgan fingerprint density at radius 3 is 2.74 bits per heavy atom. The van der Waals surface area contributed by atoms with Crippen LogP contribution in [0.3, 0.4) is 0 Å². The van der Waals surface area contributed by atoms with Crippen molar-refractivity contribution in [3.05, 3.63) is 29.3 Å². The number of ether oxygens (including phenoxy) is 2. The van der Waals surface area contributed by atoms with Crippen molar-refractivity contribution in [1.29, 1.82) is 0 Å². The molecule has 1 aromatic rings. The predicted octanol–water partition coefficient (Wildman–Crippen LogP) is 1.90. The van der Waals surface area contributed by atoms with Gasteiger partial charge < -0.3 is 14.6 Å². The Morgan fingerprint density at radius 2 is 2.17 bits per heavy atom. The zero-order valence-corrected chi connectivity index (χ0v) is 12.8. The van der Waals surface area contributed by atoms with Crippen LogP contribution < -0.4 is 4.74 Å². The van der Waals surface area contributed by atoms with Gasteiger partial charge in [-0.05, 0) is 12.3 Å². The number of carboxylic acid groups (broad SMARTS) is 1. The summed E-state index contributed by atoms with van der Waals surface area (Å²) in [6, 6.07) is 2.27. The van der Waals surface area contributed by atoms with Crippen LogP contribution in [0.5, 0.6) is 5.75 Å². The molecule has 2 aliphatic heterocycles. The fraction of sp³-hybridized carbons (Fsp3) is 0.562. The zero-order chi connectivity index (χ0) is 16.6. The minimum Gasteiger partial charge on any atom is -0.497 e. The van der Waals surface area contributed by atoms with Crippen molar-refractivity contribution in [3.8, 4) is 5.75 Å². The van der Waals surface area contributed by atoms with Gasteiger partial charge in [-0.25, -0.2) is 8.78 Å². The largest absolute Gasteiger partial charge is 0.497 e. The van der Waals surface area contributed by atoms with Crippen LogP contribution in [0, 0.1) is 23.0 Å². The number of nitrogens with zero attached hydrogens (tertiary/aromatic N) is 1. The van der Waals surface area contributed by atoms with E-state index in [1.165, 1.54) is 7.11 Å². The highest BCUT2D eigenvalue weighted by Crippen LogP contribution is 2.42. The third kappa shape index (κ3) is 2.79. The molecule has 0 radical (unpaired) electrons. The van der Waals surface area contributed by atoms with Gasteiger partial charge in [-0.1, -0.05) is 0 Å². The molecule has 126 valence electrons. The number of benzene rings is 1. The number of rotatable bonds is 4. The van der Waals surface area contributed by atoms with E-state index >= 15 is 0 Å². The number of fused-ring (bicyclic) bond motifs is 1. The first kappa shape index (κ1) is 16.1. The molecule has 2 fully saturated rings. The minimum absolute atomic E-state index is 0.0349. The summed E-state index contributed by atoms with van der Waals surface area (Å²) >= 11 is 0. The number of carbonyl (C=O) groups is 1. The zero-order valence-electron chi connectivity index (χ0n) is 12.8. The van der Waals surface area contributed by atoms with Gasteiger partial charge in [0.2, 0.25) is 0 Å². The third-order valence-electron chi connectivity index (χ3n) is 4.89. The molecule has 2 aliphatic rings. The Labute approximate surface area is 132 Å². The van der Waals surface area contributed by atoms with Crippen molar-refractivity contribution in [1.82, 2.24) is 4.90 Å². The fourth-order valence-electron chi connectivity index (χ4n) is 3.59. The molecule has 5 nitrogen and oxygen atoms in total. The molecule has 0 aliphatic carbocycles. The summed E-state index contributed by atoms with van der Waals surface area (Å²) in [7, 11) is 1.34. The summed E-state index contributed by atoms with van der Waals surface area (Å²) in [5.74, 6) is -2.21. The fourth-order valence-corrected chi connectivity index (χ4v) is 3.59. The molecule has 0 aromatic heterocycles. The molecule has 0 saturated carbocycles. The van der Waals surface area contributed by atoms with Gasteiger partial charge in [0.15, 0.2) is 0 Å². The van der Waals surface area contributed by atoms with E-state index in [0.29, 0.717) is 19.6 Å². The second kappa shape index (κ2) is 6.05. The predicted molar refractivity (Wildman–Crippen MR) is 77.2 cm³/mol. The van der Waals surface area contributed by atoms with E-state index < -0.39 is 23.0 Å². The minimum atomic E-state index is -0.975. The second-order valence-electron chi connectivity index (χ2n) is 6.24.